The van der Waals surface area contributed by atoms with Crippen molar-refractivity contribution in [3.8, 4) is 11.3 Å². The number of nitrogens with zero attached hydrogens (tertiary/aromatic N) is 5. The molecule has 3 heterocycles. The summed E-state index contributed by atoms with van der Waals surface area (Å²) in [5.74, 6) is 0.642. The van der Waals surface area contributed by atoms with Crippen LogP contribution in [0, 0.1) is 0 Å². The zero-order chi connectivity index (χ0) is 17.5. The molecule has 0 radical (unpaired) electrons. The monoisotopic (exact) mass is 349 g/mol. The molecule has 0 atom stereocenters. The van der Waals surface area contributed by atoms with Crippen molar-refractivity contribution in [2.24, 2.45) is 0 Å². The average molecular weight is 349 g/mol. The predicted octanol–water partition coefficient (Wildman–Crippen LogP) is 2.02. The summed E-state index contributed by atoms with van der Waals surface area (Å²) >= 11 is 0. The van der Waals surface area contributed by atoms with E-state index in [1.54, 1.807) is 6.20 Å². The number of hydrogen-bond donors (Lipinski definition) is 0. The highest BCUT2D eigenvalue weighted by Gasteiger charge is 2.29. The summed E-state index contributed by atoms with van der Waals surface area (Å²) in [6.07, 6.45) is 3.74. The molecule has 7 heteroatoms. The fourth-order valence-electron chi connectivity index (χ4n) is 3.36. The summed E-state index contributed by atoms with van der Waals surface area (Å²) in [7, 11) is 0. The van der Waals surface area contributed by atoms with Gasteiger partial charge in [0.1, 0.15) is 11.2 Å². The molecule has 0 spiro atoms. The van der Waals surface area contributed by atoms with E-state index < -0.39 is 0 Å². The van der Waals surface area contributed by atoms with Crippen molar-refractivity contribution in [3.63, 3.8) is 0 Å². The van der Waals surface area contributed by atoms with Gasteiger partial charge in [-0.2, -0.15) is 4.98 Å². The Labute approximate surface area is 150 Å². The largest absolute Gasteiger partial charge is 0.378 e. The number of morpholine rings is 1. The SMILES string of the molecule is O=c1c(-c2ccccc2)nc2cnc(N3CCOCC3)nc2n1C1CC1. The number of ether oxygens (including phenoxy) is 1. The number of hydrogen-bond acceptors (Lipinski definition) is 6. The van der Waals surface area contributed by atoms with Crippen LogP contribution in [0.4, 0.5) is 5.95 Å². The summed E-state index contributed by atoms with van der Waals surface area (Å²) in [5, 5.41) is 0. The number of anilines is 1. The maximum atomic E-state index is 13.2. The predicted molar refractivity (Wildman–Crippen MR) is 98.3 cm³/mol. The lowest BCUT2D eigenvalue weighted by molar-refractivity contribution is 0.122. The highest BCUT2D eigenvalue weighted by Crippen LogP contribution is 2.36. The molecule has 0 amide bonds. The third-order valence-corrected chi connectivity index (χ3v) is 4.87. The molecule has 1 aromatic carbocycles. The zero-order valence-corrected chi connectivity index (χ0v) is 14.3. The number of fused-ring (bicyclic) bond motifs is 1. The van der Waals surface area contributed by atoms with Gasteiger partial charge in [0.25, 0.3) is 5.56 Å². The summed E-state index contributed by atoms with van der Waals surface area (Å²) in [5.41, 5.74) is 2.51. The van der Waals surface area contributed by atoms with E-state index in [0.717, 1.165) is 31.5 Å². The minimum absolute atomic E-state index is 0.0715. The standard InChI is InChI=1S/C19H19N5O2/c25-18-16(13-4-2-1-3-5-13)21-15-12-20-19(23-8-10-26-11-9-23)22-17(15)24(18)14-6-7-14/h1-5,12,14H,6-11H2. The lowest BCUT2D eigenvalue weighted by Crippen LogP contribution is -2.37. The molecule has 1 saturated heterocycles. The van der Waals surface area contributed by atoms with Crippen LogP contribution in [0.3, 0.4) is 0 Å². The Morgan fingerprint density at radius 3 is 2.54 bits per heavy atom. The topological polar surface area (TPSA) is 73.1 Å². The third kappa shape index (κ3) is 2.64. The highest BCUT2D eigenvalue weighted by molar-refractivity contribution is 5.75. The lowest BCUT2D eigenvalue weighted by Gasteiger charge is -2.26. The summed E-state index contributed by atoms with van der Waals surface area (Å²) in [6.45, 7) is 2.85. The van der Waals surface area contributed by atoms with Crippen molar-refractivity contribution in [2.75, 3.05) is 31.2 Å². The van der Waals surface area contributed by atoms with E-state index in [4.69, 9.17) is 9.72 Å². The van der Waals surface area contributed by atoms with E-state index in [0.29, 0.717) is 36.0 Å². The third-order valence-electron chi connectivity index (χ3n) is 4.87. The Hall–Kier alpha value is -2.80. The van der Waals surface area contributed by atoms with Crippen LogP contribution in [0.5, 0.6) is 0 Å². The molecule has 2 aliphatic rings. The number of aromatic nitrogens is 4. The summed E-state index contributed by atoms with van der Waals surface area (Å²) in [6, 6.07) is 9.80. The molecule has 2 fully saturated rings. The first-order chi connectivity index (χ1) is 12.8. The van der Waals surface area contributed by atoms with Crippen molar-refractivity contribution < 1.29 is 4.74 Å². The molecule has 26 heavy (non-hydrogen) atoms. The molecule has 5 rings (SSSR count). The van der Waals surface area contributed by atoms with Crippen LogP contribution >= 0.6 is 0 Å². The number of rotatable bonds is 3. The van der Waals surface area contributed by atoms with Crippen molar-refractivity contribution in [1.82, 2.24) is 19.5 Å². The molecule has 1 aliphatic carbocycles. The second kappa shape index (κ2) is 6.17. The van der Waals surface area contributed by atoms with Gasteiger partial charge in [0.15, 0.2) is 5.65 Å². The fourth-order valence-corrected chi connectivity index (χ4v) is 3.36. The molecule has 1 saturated carbocycles. The second-order valence-corrected chi connectivity index (χ2v) is 6.71. The van der Waals surface area contributed by atoms with Crippen molar-refractivity contribution >= 4 is 17.1 Å². The van der Waals surface area contributed by atoms with Crippen molar-refractivity contribution in [3.05, 3.63) is 46.9 Å². The van der Waals surface area contributed by atoms with Crippen LogP contribution < -0.4 is 10.5 Å². The van der Waals surface area contributed by atoms with Crippen LogP contribution in [-0.4, -0.2) is 45.8 Å². The van der Waals surface area contributed by atoms with Gasteiger partial charge < -0.3 is 9.64 Å². The molecule has 1 aliphatic heterocycles. The lowest BCUT2D eigenvalue weighted by atomic mass is 10.1. The van der Waals surface area contributed by atoms with E-state index >= 15 is 0 Å². The number of benzene rings is 1. The van der Waals surface area contributed by atoms with Crippen molar-refractivity contribution in [2.45, 2.75) is 18.9 Å². The molecule has 0 bridgehead atoms. The van der Waals surface area contributed by atoms with Crippen LogP contribution in [0.25, 0.3) is 22.4 Å². The summed E-state index contributed by atoms with van der Waals surface area (Å²) in [4.78, 5) is 29.1. The minimum atomic E-state index is -0.0715. The Bertz CT molecular complexity index is 1010. The van der Waals surface area contributed by atoms with Gasteiger partial charge in [-0.15, -0.1) is 0 Å². The van der Waals surface area contributed by atoms with Crippen LogP contribution in [0.2, 0.25) is 0 Å². The van der Waals surface area contributed by atoms with E-state index in [9.17, 15) is 4.79 Å². The Morgan fingerprint density at radius 2 is 1.81 bits per heavy atom. The van der Waals surface area contributed by atoms with Gasteiger partial charge in [0.2, 0.25) is 5.95 Å². The van der Waals surface area contributed by atoms with Crippen LogP contribution in [0.1, 0.15) is 18.9 Å². The van der Waals surface area contributed by atoms with Crippen LogP contribution in [-0.2, 0) is 4.74 Å². The van der Waals surface area contributed by atoms with Gasteiger partial charge >= 0.3 is 0 Å². The maximum absolute atomic E-state index is 13.2. The van der Waals surface area contributed by atoms with E-state index in [-0.39, 0.29) is 11.6 Å². The smallest absolute Gasteiger partial charge is 0.279 e. The van der Waals surface area contributed by atoms with Crippen LogP contribution in [0.15, 0.2) is 41.3 Å². The molecule has 0 unspecified atom stereocenters. The normalized spacial score (nSPS) is 17.6. The first-order valence-corrected chi connectivity index (χ1v) is 8.99. The molecule has 2 aromatic heterocycles. The molecule has 3 aromatic rings. The van der Waals surface area contributed by atoms with Gasteiger partial charge in [-0.05, 0) is 12.8 Å². The van der Waals surface area contributed by atoms with E-state index in [1.165, 1.54) is 0 Å². The van der Waals surface area contributed by atoms with E-state index in [1.807, 2.05) is 34.9 Å². The first-order valence-electron chi connectivity index (χ1n) is 8.99. The first kappa shape index (κ1) is 15.5. The summed E-state index contributed by atoms with van der Waals surface area (Å²) < 4.78 is 7.22. The fraction of sp³-hybridized carbons (Fsp3) is 0.368. The Morgan fingerprint density at radius 1 is 1.04 bits per heavy atom. The van der Waals surface area contributed by atoms with Gasteiger partial charge in [0.05, 0.1) is 19.4 Å². The molecular weight excluding hydrogens is 330 g/mol. The minimum Gasteiger partial charge on any atom is -0.378 e. The zero-order valence-electron chi connectivity index (χ0n) is 14.3. The second-order valence-electron chi connectivity index (χ2n) is 6.71. The molecule has 7 nitrogen and oxygen atoms in total. The van der Waals surface area contributed by atoms with Gasteiger partial charge in [0, 0.05) is 24.7 Å². The average Bonchev–Trinajstić information content (AvgIpc) is 3.53. The highest BCUT2D eigenvalue weighted by atomic mass is 16.5. The Balaban J connectivity index is 1.69. The molecule has 0 N–H and O–H groups in total. The van der Waals surface area contributed by atoms with Crippen molar-refractivity contribution in [1.29, 1.82) is 0 Å². The van der Waals surface area contributed by atoms with Gasteiger partial charge in [-0.25, -0.2) is 9.97 Å². The van der Waals surface area contributed by atoms with Gasteiger partial charge in [-0.1, -0.05) is 30.3 Å². The Kier molecular flexibility index (Phi) is 3.67. The quantitative estimate of drug-likeness (QED) is 0.720. The molecular formula is C19H19N5O2. The van der Waals surface area contributed by atoms with E-state index in [2.05, 4.69) is 14.9 Å². The van der Waals surface area contributed by atoms with Gasteiger partial charge in [-0.3, -0.25) is 9.36 Å². The molecule has 132 valence electrons. The maximum Gasteiger partial charge on any atom is 0.279 e.